The second-order valence-corrected chi connectivity index (χ2v) is 3.55. The Morgan fingerprint density at radius 1 is 1.00 bits per heavy atom. The van der Waals surface area contributed by atoms with Gasteiger partial charge in [-0.3, -0.25) is 0 Å². The molecule has 0 amide bonds. The van der Waals surface area contributed by atoms with Crippen LogP contribution in [0.1, 0.15) is 5.56 Å². The predicted octanol–water partition coefficient (Wildman–Crippen LogP) is 2.22. The molecule has 0 fully saturated rings. The number of nitrogens with two attached hydrogens (primary N) is 2. The molecule has 0 aliphatic heterocycles. The summed E-state index contributed by atoms with van der Waals surface area (Å²) in [4.78, 5) is 4.12. The van der Waals surface area contributed by atoms with Gasteiger partial charge in [-0.2, -0.15) is 0 Å². The molecule has 1 heterocycles. The molecule has 0 unspecified atom stereocenters. The molecular formula is C12H13N3. The fourth-order valence-electron chi connectivity index (χ4n) is 1.42. The lowest BCUT2D eigenvalue weighted by Crippen LogP contribution is -1.94. The van der Waals surface area contributed by atoms with Gasteiger partial charge in [-0.15, -0.1) is 0 Å². The molecular weight excluding hydrogens is 186 g/mol. The molecule has 0 saturated heterocycles. The van der Waals surface area contributed by atoms with Crippen molar-refractivity contribution in [2.24, 2.45) is 0 Å². The Balaban J connectivity index is 2.45. The summed E-state index contributed by atoms with van der Waals surface area (Å²) in [5.74, 6) is 0.578. The van der Waals surface area contributed by atoms with Crippen LogP contribution in [0.3, 0.4) is 0 Å². The van der Waals surface area contributed by atoms with Crippen LogP contribution in [0.5, 0.6) is 0 Å². The van der Waals surface area contributed by atoms with Crippen LogP contribution in [0, 0.1) is 6.92 Å². The highest BCUT2D eigenvalue weighted by atomic mass is 14.8. The predicted molar refractivity (Wildman–Crippen MR) is 63.2 cm³/mol. The molecule has 0 aliphatic rings. The summed E-state index contributed by atoms with van der Waals surface area (Å²) < 4.78 is 0. The molecule has 0 saturated carbocycles. The SMILES string of the molecule is Cc1cc(-c2ccc(N)cc2)cnc1N. The van der Waals surface area contributed by atoms with E-state index in [0.29, 0.717) is 5.82 Å². The van der Waals surface area contributed by atoms with Gasteiger partial charge in [0.25, 0.3) is 0 Å². The Morgan fingerprint density at radius 3 is 2.27 bits per heavy atom. The van der Waals surface area contributed by atoms with Crippen LogP contribution in [0.25, 0.3) is 11.1 Å². The second kappa shape index (κ2) is 3.61. The van der Waals surface area contributed by atoms with Crippen molar-refractivity contribution in [3.63, 3.8) is 0 Å². The fraction of sp³-hybridized carbons (Fsp3) is 0.0833. The van der Waals surface area contributed by atoms with E-state index >= 15 is 0 Å². The van der Waals surface area contributed by atoms with Crippen molar-refractivity contribution in [3.05, 3.63) is 42.1 Å². The number of hydrogen-bond acceptors (Lipinski definition) is 3. The first-order valence-corrected chi connectivity index (χ1v) is 4.75. The first-order valence-electron chi connectivity index (χ1n) is 4.75. The maximum atomic E-state index is 5.66. The Labute approximate surface area is 88.8 Å². The zero-order valence-electron chi connectivity index (χ0n) is 8.57. The van der Waals surface area contributed by atoms with E-state index in [-0.39, 0.29) is 0 Å². The second-order valence-electron chi connectivity index (χ2n) is 3.55. The van der Waals surface area contributed by atoms with E-state index in [9.17, 15) is 0 Å². The third kappa shape index (κ3) is 1.91. The topological polar surface area (TPSA) is 64.9 Å². The summed E-state index contributed by atoms with van der Waals surface area (Å²) in [6.45, 7) is 1.95. The van der Waals surface area contributed by atoms with Crippen LogP contribution in [-0.2, 0) is 0 Å². The summed E-state index contributed by atoms with van der Waals surface area (Å²) in [5.41, 5.74) is 15.2. The Bertz CT molecular complexity index is 475. The van der Waals surface area contributed by atoms with Crippen molar-refractivity contribution in [2.75, 3.05) is 11.5 Å². The van der Waals surface area contributed by atoms with Crippen molar-refractivity contribution in [2.45, 2.75) is 6.92 Å². The minimum absolute atomic E-state index is 0.578. The summed E-state index contributed by atoms with van der Waals surface area (Å²) in [7, 11) is 0. The van der Waals surface area contributed by atoms with E-state index in [1.54, 1.807) is 6.20 Å². The van der Waals surface area contributed by atoms with Crippen LogP contribution in [0.2, 0.25) is 0 Å². The molecule has 0 radical (unpaired) electrons. The first-order chi connectivity index (χ1) is 7.16. The summed E-state index contributed by atoms with van der Waals surface area (Å²) in [5, 5.41) is 0. The molecule has 3 heteroatoms. The van der Waals surface area contributed by atoms with Gasteiger partial charge >= 0.3 is 0 Å². The number of nitrogens with zero attached hydrogens (tertiary/aromatic N) is 1. The minimum Gasteiger partial charge on any atom is -0.399 e. The smallest absolute Gasteiger partial charge is 0.126 e. The Hall–Kier alpha value is -2.03. The van der Waals surface area contributed by atoms with Crippen LogP contribution < -0.4 is 11.5 Å². The number of anilines is 2. The monoisotopic (exact) mass is 199 g/mol. The van der Waals surface area contributed by atoms with Crippen LogP contribution in [0.15, 0.2) is 36.5 Å². The van der Waals surface area contributed by atoms with Crippen LogP contribution in [-0.4, -0.2) is 4.98 Å². The molecule has 0 bridgehead atoms. The quantitative estimate of drug-likeness (QED) is 0.692. The molecule has 0 atom stereocenters. The zero-order valence-corrected chi connectivity index (χ0v) is 8.57. The molecule has 1 aromatic carbocycles. The van der Waals surface area contributed by atoms with Gasteiger partial charge in [-0.05, 0) is 36.2 Å². The highest BCUT2D eigenvalue weighted by Crippen LogP contribution is 2.22. The average Bonchev–Trinajstić information content (AvgIpc) is 2.23. The van der Waals surface area contributed by atoms with Crippen molar-refractivity contribution < 1.29 is 0 Å². The summed E-state index contributed by atoms with van der Waals surface area (Å²) >= 11 is 0. The largest absolute Gasteiger partial charge is 0.399 e. The minimum atomic E-state index is 0.578. The van der Waals surface area contributed by atoms with Crippen LogP contribution in [0.4, 0.5) is 11.5 Å². The number of aromatic nitrogens is 1. The molecule has 2 aromatic rings. The lowest BCUT2D eigenvalue weighted by Gasteiger charge is -2.04. The van der Waals surface area contributed by atoms with Gasteiger partial charge in [0.1, 0.15) is 5.82 Å². The van der Waals surface area contributed by atoms with E-state index in [2.05, 4.69) is 4.98 Å². The molecule has 0 spiro atoms. The molecule has 1 aromatic heterocycles. The van der Waals surface area contributed by atoms with Crippen molar-refractivity contribution in [1.29, 1.82) is 0 Å². The van der Waals surface area contributed by atoms with E-state index in [1.807, 2.05) is 37.3 Å². The van der Waals surface area contributed by atoms with Crippen molar-refractivity contribution in [1.82, 2.24) is 4.98 Å². The number of pyridine rings is 1. The highest BCUT2D eigenvalue weighted by molar-refractivity contribution is 5.66. The zero-order chi connectivity index (χ0) is 10.8. The number of benzene rings is 1. The first kappa shape index (κ1) is 9.52. The standard InChI is InChI=1S/C12H13N3/c1-8-6-10(7-15-12(8)14)9-2-4-11(13)5-3-9/h2-7H,13H2,1H3,(H2,14,15). The van der Waals surface area contributed by atoms with Gasteiger partial charge in [-0.25, -0.2) is 4.98 Å². The van der Waals surface area contributed by atoms with Gasteiger partial charge in [0.15, 0.2) is 0 Å². The fourth-order valence-corrected chi connectivity index (χ4v) is 1.42. The van der Waals surface area contributed by atoms with Gasteiger partial charge in [0, 0.05) is 17.4 Å². The normalized spacial score (nSPS) is 10.2. The van der Waals surface area contributed by atoms with Crippen molar-refractivity contribution in [3.8, 4) is 11.1 Å². The lowest BCUT2D eigenvalue weighted by molar-refractivity contribution is 1.28. The summed E-state index contributed by atoms with van der Waals surface area (Å²) in [6, 6.07) is 9.72. The molecule has 2 rings (SSSR count). The molecule has 4 N–H and O–H groups in total. The summed E-state index contributed by atoms with van der Waals surface area (Å²) in [6.07, 6.45) is 1.77. The van der Waals surface area contributed by atoms with E-state index in [0.717, 1.165) is 22.4 Å². The molecule has 3 nitrogen and oxygen atoms in total. The molecule has 76 valence electrons. The van der Waals surface area contributed by atoms with Crippen LogP contribution >= 0.6 is 0 Å². The maximum Gasteiger partial charge on any atom is 0.126 e. The lowest BCUT2D eigenvalue weighted by atomic mass is 10.1. The number of rotatable bonds is 1. The number of aryl methyl sites for hydroxylation is 1. The Morgan fingerprint density at radius 2 is 1.67 bits per heavy atom. The Kier molecular flexibility index (Phi) is 2.29. The third-order valence-corrected chi connectivity index (χ3v) is 2.36. The van der Waals surface area contributed by atoms with Gasteiger partial charge in [0.05, 0.1) is 0 Å². The van der Waals surface area contributed by atoms with E-state index < -0.39 is 0 Å². The number of hydrogen-bond donors (Lipinski definition) is 2. The van der Waals surface area contributed by atoms with E-state index in [4.69, 9.17) is 11.5 Å². The molecule has 0 aliphatic carbocycles. The molecule has 15 heavy (non-hydrogen) atoms. The van der Waals surface area contributed by atoms with Crippen molar-refractivity contribution >= 4 is 11.5 Å². The van der Waals surface area contributed by atoms with Gasteiger partial charge in [0.2, 0.25) is 0 Å². The average molecular weight is 199 g/mol. The number of nitrogen functional groups attached to an aromatic ring is 2. The van der Waals surface area contributed by atoms with Gasteiger partial charge in [-0.1, -0.05) is 12.1 Å². The maximum absolute atomic E-state index is 5.66. The van der Waals surface area contributed by atoms with Gasteiger partial charge < -0.3 is 11.5 Å². The van der Waals surface area contributed by atoms with E-state index in [1.165, 1.54) is 0 Å². The highest BCUT2D eigenvalue weighted by Gasteiger charge is 2.00. The third-order valence-electron chi connectivity index (χ3n) is 2.36.